The SMILES string of the molecule is NCc1ccc(Oc2ncc(Cl)cc2Cl)c(F)c1. The first-order valence-corrected chi connectivity index (χ1v) is 5.83. The second-order valence-corrected chi connectivity index (χ2v) is 4.36. The van der Waals surface area contributed by atoms with E-state index in [4.69, 9.17) is 33.7 Å². The number of aromatic nitrogens is 1. The lowest BCUT2D eigenvalue weighted by Gasteiger charge is -2.08. The Bertz CT molecular complexity index is 578. The van der Waals surface area contributed by atoms with Gasteiger partial charge in [-0.15, -0.1) is 0 Å². The van der Waals surface area contributed by atoms with Crippen molar-refractivity contribution in [2.75, 3.05) is 0 Å². The van der Waals surface area contributed by atoms with Gasteiger partial charge in [-0.3, -0.25) is 0 Å². The minimum atomic E-state index is -0.522. The number of benzene rings is 1. The lowest BCUT2D eigenvalue weighted by molar-refractivity contribution is 0.427. The number of hydrogen-bond donors (Lipinski definition) is 1. The first kappa shape index (κ1) is 13.1. The summed E-state index contributed by atoms with van der Waals surface area (Å²) in [5.41, 5.74) is 6.08. The van der Waals surface area contributed by atoms with Crippen molar-refractivity contribution in [1.29, 1.82) is 0 Å². The Labute approximate surface area is 113 Å². The highest BCUT2D eigenvalue weighted by atomic mass is 35.5. The molecule has 2 N–H and O–H groups in total. The van der Waals surface area contributed by atoms with E-state index in [0.717, 1.165) is 0 Å². The maximum absolute atomic E-state index is 13.7. The van der Waals surface area contributed by atoms with Crippen LogP contribution >= 0.6 is 23.2 Å². The highest BCUT2D eigenvalue weighted by Crippen LogP contribution is 2.30. The molecule has 0 spiro atoms. The number of halogens is 3. The van der Waals surface area contributed by atoms with Crippen molar-refractivity contribution in [2.24, 2.45) is 5.73 Å². The van der Waals surface area contributed by atoms with Crippen molar-refractivity contribution in [3.05, 3.63) is 51.9 Å². The summed E-state index contributed by atoms with van der Waals surface area (Å²) >= 11 is 11.6. The molecule has 0 aliphatic carbocycles. The molecule has 1 heterocycles. The number of nitrogens with zero attached hydrogens (tertiary/aromatic N) is 1. The van der Waals surface area contributed by atoms with Gasteiger partial charge in [0.2, 0.25) is 5.88 Å². The maximum Gasteiger partial charge on any atom is 0.238 e. The molecule has 2 rings (SSSR count). The topological polar surface area (TPSA) is 48.1 Å². The first-order chi connectivity index (χ1) is 8.60. The quantitative estimate of drug-likeness (QED) is 0.934. The Hall–Kier alpha value is -1.36. The number of hydrogen-bond acceptors (Lipinski definition) is 3. The van der Waals surface area contributed by atoms with Crippen LogP contribution < -0.4 is 10.5 Å². The van der Waals surface area contributed by atoms with Gasteiger partial charge in [-0.1, -0.05) is 29.3 Å². The van der Waals surface area contributed by atoms with E-state index in [1.165, 1.54) is 24.4 Å². The molecular weight excluding hydrogens is 278 g/mol. The van der Waals surface area contributed by atoms with Crippen LogP contribution in [0.25, 0.3) is 0 Å². The normalized spacial score (nSPS) is 10.4. The Balaban J connectivity index is 2.28. The third kappa shape index (κ3) is 2.90. The van der Waals surface area contributed by atoms with Crippen LogP contribution in [0.5, 0.6) is 11.6 Å². The molecule has 1 aromatic heterocycles. The molecule has 3 nitrogen and oxygen atoms in total. The molecule has 2 aromatic rings. The van der Waals surface area contributed by atoms with Gasteiger partial charge in [-0.25, -0.2) is 9.37 Å². The van der Waals surface area contributed by atoms with Crippen molar-refractivity contribution in [2.45, 2.75) is 6.54 Å². The molecule has 0 unspecified atom stereocenters. The highest BCUT2D eigenvalue weighted by Gasteiger charge is 2.10. The fourth-order valence-corrected chi connectivity index (χ4v) is 1.75. The Morgan fingerprint density at radius 1 is 1.28 bits per heavy atom. The molecule has 0 aliphatic rings. The third-order valence-electron chi connectivity index (χ3n) is 2.21. The van der Waals surface area contributed by atoms with Crippen LogP contribution in [0.2, 0.25) is 10.0 Å². The van der Waals surface area contributed by atoms with Crippen LogP contribution in [0.15, 0.2) is 30.5 Å². The monoisotopic (exact) mass is 286 g/mol. The van der Waals surface area contributed by atoms with Crippen LogP contribution in [0.3, 0.4) is 0 Å². The van der Waals surface area contributed by atoms with E-state index >= 15 is 0 Å². The summed E-state index contributed by atoms with van der Waals surface area (Å²) in [5, 5.41) is 0.594. The van der Waals surface area contributed by atoms with Gasteiger partial charge in [0.05, 0.1) is 5.02 Å². The molecular formula is C12H9Cl2FN2O. The zero-order chi connectivity index (χ0) is 13.1. The highest BCUT2D eigenvalue weighted by molar-refractivity contribution is 6.35. The molecule has 0 aliphatic heterocycles. The lowest BCUT2D eigenvalue weighted by Crippen LogP contribution is -1.98. The van der Waals surface area contributed by atoms with Gasteiger partial charge in [-0.05, 0) is 23.8 Å². The van der Waals surface area contributed by atoms with Crippen LogP contribution in [-0.4, -0.2) is 4.98 Å². The molecule has 94 valence electrons. The van der Waals surface area contributed by atoms with E-state index in [9.17, 15) is 4.39 Å². The van der Waals surface area contributed by atoms with Gasteiger partial charge in [0.25, 0.3) is 0 Å². The van der Waals surface area contributed by atoms with Crippen molar-refractivity contribution in [3.63, 3.8) is 0 Å². The van der Waals surface area contributed by atoms with E-state index in [-0.39, 0.29) is 23.2 Å². The zero-order valence-electron chi connectivity index (χ0n) is 9.16. The summed E-state index contributed by atoms with van der Waals surface area (Å²) in [4.78, 5) is 3.88. The van der Waals surface area contributed by atoms with Crippen molar-refractivity contribution < 1.29 is 9.13 Å². The van der Waals surface area contributed by atoms with Crippen LogP contribution in [0.1, 0.15) is 5.56 Å². The zero-order valence-corrected chi connectivity index (χ0v) is 10.7. The number of rotatable bonds is 3. The van der Waals surface area contributed by atoms with E-state index in [1.807, 2.05) is 0 Å². The summed E-state index contributed by atoms with van der Waals surface area (Å²) in [6.07, 6.45) is 1.37. The van der Waals surface area contributed by atoms with E-state index in [2.05, 4.69) is 4.98 Å². The fraction of sp³-hybridized carbons (Fsp3) is 0.0833. The van der Waals surface area contributed by atoms with Crippen molar-refractivity contribution >= 4 is 23.2 Å². The molecule has 6 heteroatoms. The van der Waals surface area contributed by atoms with Gasteiger partial charge in [0, 0.05) is 12.7 Å². The van der Waals surface area contributed by atoms with E-state index in [0.29, 0.717) is 10.6 Å². The number of pyridine rings is 1. The average Bonchev–Trinajstić information content (AvgIpc) is 2.34. The molecule has 0 radical (unpaired) electrons. The molecule has 1 aromatic carbocycles. The van der Waals surface area contributed by atoms with Crippen LogP contribution in [0, 0.1) is 5.82 Å². The fourth-order valence-electron chi connectivity index (χ4n) is 1.34. The van der Waals surface area contributed by atoms with Crippen molar-refractivity contribution in [1.82, 2.24) is 4.98 Å². The number of ether oxygens (including phenoxy) is 1. The van der Waals surface area contributed by atoms with E-state index < -0.39 is 5.82 Å². The lowest BCUT2D eigenvalue weighted by atomic mass is 10.2. The number of nitrogens with two attached hydrogens (primary N) is 1. The molecule has 0 saturated carbocycles. The Morgan fingerprint density at radius 2 is 2.06 bits per heavy atom. The third-order valence-corrected chi connectivity index (χ3v) is 2.69. The predicted molar refractivity (Wildman–Crippen MR) is 68.6 cm³/mol. The molecule has 0 fully saturated rings. The van der Waals surface area contributed by atoms with Crippen LogP contribution in [-0.2, 0) is 6.54 Å². The summed E-state index contributed by atoms with van der Waals surface area (Å²) in [5.74, 6) is -0.393. The van der Waals surface area contributed by atoms with Gasteiger partial charge in [0.1, 0.15) is 5.02 Å². The molecule has 0 amide bonds. The smallest absolute Gasteiger partial charge is 0.238 e. The minimum Gasteiger partial charge on any atom is -0.434 e. The predicted octanol–water partition coefficient (Wildman–Crippen LogP) is 3.78. The molecule has 18 heavy (non-hydrogen) atoms. The molecule has 0 bridgehead atoms. The van der Waals surface area contributed by atoms with Crippen molar-refractivity contribution in [3.8, 4) is 11.6 Å². The van der Waals surface area contributed by atoms with Gasteiger partial charge in [0.15, 0.2) is 11.6 Å². The second-order valence-electron chi connectivity index (χ2n) is 3.51. The van der Waals surface area contributed by atoms with E-state index in [1.54, 1.807) is 6.07 Å². The maximum atomic E-state index is 13.7. The summed E-state index contributed by atoms with van der Waals surface area (Å²) in [6.45, 7) is 0.261. The summed E-state index contributed by atoms with van der Waals surface area (Å²) in [7, 11) is 0. The van der Waals surface area contributed by atoms with Crippen LogP contribution in [0.4, 0.5) is 4.39 Å². The second kappa shape index (κ2) is 5.52. The van der Waals surface area contributed by atoms with Gasteiger partial charge < -0.3 is 10.5 Å². The Morgan fingerprint density at radius 3 is 2.67 bits per heavy atom. The standard InChI is InChI=1S/C12H9Cl2FN2O/c13-8-4-9(14)12(17-6-8)18-11-2-1-7(5-16)3-10(11)15/h1-4,6H,5,16H2. The minimum absolute atomic E-state index is 0.0314. The Kier molecular flexibility index (Phi) is 4.01. The van der Waals surface area contributed by atoms with Gasteiger partial charge >= 0.3 is 0 Å². The first-order valence-electron chi connectivity index (χ1n) is 5.07. The summed E-state index contributed by atoms with van der Waals surface area (Å²) < 4.78 is 18.9. The average molecular weight is 287 g/mol. The largest absolute Gasteiger partial charge is 0.434 e. The molecule has 0 atom stereocenters. The summed E-state index contributed by atoms with van der Waals surface area (Å²) in [6, 6.07) is 5.92. The van der Waals surface area contributed by atoms with Gasteiger partial charge in [-0.2, -0.15) is 0 Å². The molecule has 0 saturated heterocycles.